The molecule has 0 bridgehead atoms. The molecule has 6 heteroatoms. The van der Waals surface area contributed by atoms with E-state index in [1.54, 1.807) is 0 Å². The van der Waals surface area contributed by atoms with Gasteiger partial charge in [0.05, 0.1) is 12.1 Å². The van der Waals surface area contributed by atoms with E-state index < -0.39 is 5.91 Å². The highest BCUT2D eigenvalue weighted by Crippen LogP contribution is 2.19. The number of hydrogen-bond donors (Lipinski definition) is 3. The van der Waals surface area contributed by atoms with Gasteiger partial charge in [-0.05, 0) is 39.0 Å². The lowest BCUT2D eigenvalue weighted by atomic mass is 10.1. The topological polar surface area (TPSA) is 95.7 Å². The molecule has 0 heterocycles. The molecule has 4 N–H and O–H groups in total. The highest BCUT2D eigenvalue weighted by Gasteiger charge is 2.20. The number of rotatable bonds is 3. The number of anilines is 1. The van der Waals surface area contributed by atoms with Gasteiger partial charge in [-0.2, -0.15) is 0 Å². The van der Waals surface area contributed by atoms with Crippen LogP contribution in [0.5, 0.6) is 5.75 Å². The van der Waals surface area contributed by atoms with Gasteiger partial charge in [0.1, 0.15) is 5.75 Å². The summed E-state index contributed by atoms with van der Waals surface area (Å²) < 4.78 is 0. The zero-order chi connectivity index (χ0) is 15.5. The van der Waals surface area contributed by atoms with Gasteiger partial charge in [-0.1, -0.05) is 0 Å². The van der Waals surface area contributed by atoms with Gasteiger partial charge in [0.15, 0.2) is 0 Å². The number of nitrogens with zero attached hydrogens (tertiary/aromatic N) is 1. The Labute approximate surface area is 118 Å². The monoisotopic (exact) mass is 279 g/mol. The molecule has 0 aromatic heterocycles. The van der Waals surface area contributed by atoms with Crippen molar-refractivity contribution in [3.8, 4) is 5.75 Å². The number of phenolic OH excluding ortho intramolecular Hbond substituents is 1. The van der Waals surface area contributed by atoms with Gasteiger partial charge in [0.2, 0.25) is 5.91 Å². The summed E-state index contributed by atoms with van der Waals surface area (Å²) in [5.41, 5.74) is 5.78. The van der Waals surface area contributed by atoms with E-state index in [1.807, 2.05) is 20.8 Å². The molecule has 0 fully saturated rings. The molecule has 0 aliphatic heterocycles. The number of nitrogen functional groups attached to an aromatic ring is 1. The van der Waals surface area contributed by atoms with Crippen LogP contribution in [0, 0.1) is 0 Å². The van der Waals surface area contributed by atoms with Crippen LogP contribution >= 0.6 is 0 Å². The van der Waals surface area contributed by atoms with Crippen LogP contribution in [0.15, 0.2) is 18.2 Å². The zero-order valence-corrected chi connectivity index (χ0v) is 12.2. The Kier molecular flexibility index (Phi) is 4.60. The molecule has 0 saturated carbocycles. The average Bonchev–Trinajstić information content (AvgIpc) is 2.28. The normalized spacial score (nSPS) is 11.0. The van der Waals surface area contributed by atoms with Crippen LogP contribution in [0.3, 0.4) is 0 Å². The maximum Gasteiger partial charge on any atom is 0.256 e. The molecule has 20 heavy (non-hydrogen) atoms. The molecule has 1 aromatic carbocycles. The van der Waals surface area contributed by atoms with Crippen molar-refractivity contribution in [1.82, 2.24) is 10.2 Å². The molecule has 0 radical (unpaired) electrons. The van der Waals surface area contributed by atoms with E-state index >= 15 is 0 Å². The lowest BCUT2D eigenvalue weighted by molar-refractivity contribution is -0.122. The first-order valence-electron chi connectivity index (χ1n) is 6.25. The van der Waals surface area contributed by atoms with Crippen molar-refractivity contribution < 1.29 is 14.7 Å². The van der Waals surface area contributed by atoms with Crippen molar-refractivity contribution >= 4 is 17.5 Å². The molecule has 6 nitrogen and oxygen atoms in total. The van der Waals surface area contributed by atoms with E-state index in [4.69, 9.17) is 5.73 Å². The predicted octanol–water partition coefficient (Wildman–Crippen LogP) is 0.961. The van der Waals surface area contributed by atoms with Gasteiger partial charge in [-0.25, -0.2) is 0 Å². The number of nitrogens with one attached hydrogen (secondary N) is 1. The highest BCUT2D eigenvalue weighted by atomic mass is 16.3. The Bertz CT molecular complexity index is 521. The summed E-state index contributed by atoms with van der Waals surface area (Å²) in [5.74, 6) is -0.718. The van der Waals surface area contributed by atoms with Gasteiger partial charge in [0.25, 0.3) is 5.91 Å². The Hall–Kier alpha value is -2.24. The summed E-state index contributed by atoms with van der Waals surface area (Å²) in [4.78, 5) is 25.2. The Morgan fingerprint density at radius 1 is 1.35 bits per heavy atom. The van der Waals surface area contributed by atoms with Crippen molar-refractivity contribution in [2.75, 3.05) is 19.3 Å². The van der Waals surface area contributed by atoms with E-state index in [-0.39, 0.29) is 35.0 Å². The average molecular weight is 279 g/mol. The molecule has 0 aliphatic rings. The summed E-state index contributed by atoms with van der Waals surface area (Å²) in [6.45, 7) is 5.50. The number of phenols is 1. The Morgan fingerprint density at radius 2 is 1.95 bits per heavy atom. The number of hydrogen-bond acceptors (Lipinski definition) is 4. The number of carbonyl (C=O) groups excluding carboxylic acids is 2. The molecule has 1 aromatic rings. The minimum atomic E-state index is -0.414. The minimum absolute atomic E-state index is 0.0462. The maximum atomic E-state index is 12.2. The van der Waals surface area contributed by atoms with Gasteiger partial charge in [0, 0.05) is 18.3 Å². The Morgan fingerprint density at radius 3 is 2.50 bits per heavy atom. The van der Waals surface area contributed by atoms with E-state index in [1.165, 1.54) is 30.1 Å². The SMILES string of the molecule is CN(CC(=O)NC(C)(C)C)C(=O)c1cc(O)ccc1N. The van der Waals surface area contributed by atoms with E-state index in [0.717, 1.165) is 0 Å². The van der Waals surface area contributed by atoms with Crippen LogP contribution < -0.4 is 11.1 Å². The van der Waals surface area contributed by atoms with Gasteiger partial charge in [-0.15, -0.1) is 0 Å². The molecule has 0 saturated heterocycles. The van der Waals surface area contributed by atoms with Crippen LogP contribution in [0.4, 0.5) is 5.69 Å². The van der Waals surface area contributed by atoms with Crippen LogP contribution in [-0.4, -0.2) is 41.0 Å². The van der Waals surface area contributed by atoms with Crippen LogP contribution in [-0.2, 0) is 4.79 Å². The number of benzene rings is 1. The molecule has 110 valence electrons. The Balaban J connectivity index is 2.77. The zero-order valence-electron chi connectivity index (χ0n) is 12.2. The molecule has 2 amide bonds. The maximum absolute atomic E-state index is 12.2. The number of likely N-dealkylation sites (N-methyl/N-ethyl adjacent to an activating group) is 1. The molecule has 0 spiro atoms. The first-order valence-corrected chi connectivity index (χ1v) is 6.25. The number of nitrogens with two attached hydrogens (primary N) is 1. The largest absolute Gasteiger partial charge is 0.508 e. The molecule has 0 unspecified atom stereocenters. The second kappa shape index (κ2) is 5.81. The fraction of sp³-hybridized carbons (Fsp3) is 0.429. The number of aromatic hydroxyl groups is 1. The molecule has 0 aliphatic carbocycles. The van der Waals surface area contributed by atoms with Gasteiger partial charge >= 0.3 is 0 Å². The molecule has 1 rings (SSSR count). The summed E-state index contributed by atoms with van der Waals surface area (Å²) in [6, 6.07) is 4.14. The van der Waals surface area contributed by atoms with Crippen molar-refractivity contribution in [2.24, 2.45) is 0 Å². The standard InChI is InChI=1S/C14H21N3O3/c1-14(2,3)16-12(19)8-17(4)13(20)10-7-9(18)5-6-11(10)15/h5-7,18H,8,15H2,1-4H3,(H,16,19). The van der Waals surface area contributed by atoms with Crippen molar-refractivity contribution in [3.63, 3.8) is 0 Å². The lowest BCUT2D eigenvalue weighted by Gasteiger charge is -2.23. The second-order valence-corrected chi connectivity index (χ2v) is 5.73. The lowest BCUT2D eigenvalue weighted by Crippen LogP contribution is -2.46. The minimum Gasteiger partial charge on any atom is -0.508 e. The fourth-order valence-corrected chi connectivity index (χ4v) is 1.68. The number of amides is 2. The van der Waals surface area contributed by atoms with Gasteiger partial charge in [-0.3, -0.25) is 9.59 Å². The van der Waals surface area contributed by atoms with Crippen molar-refractivity contribution in [2.45, 2.75) is 26.3 Å². The summed E-state index contributed by atoms with van der Waals surface area (Å²) in [6.07, 6.45) is 0. The predicted molar refractivity (Wildman–Crippen MR) is 77.4 cm³/mol. The fourth-order valence-electron chi connectivity index (χ4n) is 1.68. The van der Waals surface area contributed by atoms with Gasteiger partial charge < -0.3 is 21.1 Å². The quantitative estimate of drug-likeness (QED) is 0.567. The van der Waals surface area contributed by atoms with E-state index in [9.17, 15) is 14.7 Å². The first-order chi connectivity index (χ1) is 9.10. The molecule has 0 atom stereocenters. The third-order valence-electron chi connectivity index (χ3n) is 2.51. The second-order valence-electron chi connectivity index (χ2n) is 5.73. The summed E-state index contributed by atoms with van der Waals surface area (Å²) in [5, 5.41) is 12.2. The van der Waals surface area contributed by atoms with E-state index in [2.05, 4.69) is 5.32 Å². The van der Waals surface area contributed by atoms with Crippen molar-refractivity contribution in [1.29, 1.82) is 0 Å². The third-order valence-corrected chi connectivity index (χ3v) is 2.51. The van der Waals surface area contributed by atoms with E-state index in [0.29, 0.717) is 0 Å². The van der Waals surface area contributed by atoms with Crippen LogP contribution in [0.1, 0.15) is 31.1 Å². The summed E-state index contributed by atoms with van der Waals surface area (Å²) >= 11 is 0. The highest BCUT2D eigenvalue weighted by molar-refractivity contribution is 6.00. The van der Waals surface area contributed by atoms with Crippen molar-refractivity contribution in [3.05, 3.63) is 23.8 Å². The summed E-state index contributed by atoms with van der Waals surface area (Å²) in [7, 11) is 1.51. The third kappa shape index (κ3) is 4.46. The van der Waals surface area contributed by atoms with Crippen LogP contribution in [0.2, 0.25) is 0 Å². The number of carbonyl (C=O) groups is 2. The first kappa shape index (κ1) is 15.8. The molecular weight excluding hydrogens is 258 g/mol. The van der Waals surface area contributed by atoms with Crippen LogP contribution in [0.25, 0.3) is 0 Å². The smallest absolute Gasteiger partial charge is 0.256 e. The molecular formula is C14H21N3O3.